The van der Waals surface area contributed by atoms with E-state index in [1.54, 1.807) is 0 Å². The summed E-state index contributed by atoms with van der Waals surface area (Å²) in [5, 5.41) is 0. The summed E-state index contributed by atoms with van der Waals surface area (Å²) in [6, 6.07) is 0. The Hall–Kier alpha value is 1.57. The largest absolute Gasteiger partial charge is 1.00 e. The van der Waals surface area contributed by atoms with Crippen molar-refractivity contribution in [2.24, 2.45) is 0 Å². The molecule has 0 aromatic rings. The molecule has 0 N–H and O–H groups in total. The van der Waals surface area contributed by atoms with Crippen molar-refractivity contribution in [1.29, 1.82) is 0 Å². The van der Waals surface area contributed by atoms with Gasteiger partial charge in [-0.1, -0.05) is 0 Å². The quantitative estimate of drug-likeness (QED) is 0.296. The molecule has 6 nitrogen and oxygen atoms in total. The first-order valence-corrected chi connectivity index (χ1v) is 4.24. The van der Waals surface area contributed by atoms with Gasteiger partial charge in [0.15, 0.2) is 0 Å². The third-order valence-corrected chi connectivity index (χ3v) is 0. The fourth-order valence-electron chi connectivity index (χ4n) is 0. The molecule has 0 aromatic heterocycles. The van der Waals surface area contributed by atoms with Crippen LogP contribution < -0.4 is 44.2 Å². The molecule has 0 bridgehead atoms. The summed E-state index contributed by atoms with van der Waals surface area (Å²) < 4.78 is 25.4. The molecule has 0 rings (SSSR count). The molecule has 0 aromatic carbocycles. The van der Waals surface area contributed by atoms with E-state index in [0.717, 1.165) is 0 Å². The van der Waals surface area contributed by atoms with Gasteiger partial charge in [0.1, 0.15) is 0 Å². The zero-order valence-corrected chi connectivity index (χ0v) is 10.6. The first-order valence-electron chi connectivity index (χ1n) is 1.41. The molecule has 3 atom stereocenters. The van der Waals surface area contributed by atoms with E-state index in [9.17, 15) is 0 Å². The Morgan fingerprint density at radius 2 is 0.800 bits per heavy atom. The van der Waals surface area contributed by atoms with Crippen molar-refractivity contribution >= 4 is 26.1 Å². The Kier molecular flexibility index (Phi) is 105. The molecule has 10 heavy (non-hydrogen) atoms. The molecular weight excluding hydrogens is 212 g/mol. The van der Waals surface area contributed by atoms with Crippen molar-refractivity contribution in [1.82, 2.24) is 0 Å². The summed E-state index contributed by atoms with van der Waals surface area (Å²) in [5.41, 5.74) is 0. The Labute approximate surface area is 86.8 Å². The molecule has 0 heterocycles. The zero-order chi connectivity index (χ0) is 8.12. The Balaban J connectivity index is -0.00000001000. The molecule has 0 aliphatic heterocycles. The van der Waals surface area contributed by atoms with Crippen molar-refractivity contribution in [3.8, 4) is 0 Å². The van der Waals surface area contributed by atoms with Gasteiger partial charge >= 0.3 is 32.4 Å². The maximum absolute atomic E-state index is 8.46. The van der Waals surface area contributed by atoms with Crippen LogP contribution in [0.1, 0.15) is 2.85 Å². The van der Waals surface area contributed by atoms with E-state index in [1.165, 1.54) is 0 Å². The SMILES string of the molecule is O=[PH2][O-].O=[PH2][O-].O=[PH2][O-].[H+].[H+].[Na+]. The maximum Gasteiger partial charge on any atom is 1.00 e. The van der Waals surface area contributed by atoms with Crippen LogP contribution in [0.15, 0.2) is 0 Å². The van der Waals surface area contributed by atoms with Crippen molar-refractivity contribution in [2.45, 2.75) is 0 Å². The van der Waals surface area contributed by atoms with Gasteiger partial charge in [0, 0.05) is 0 Å². The summed E-state index contributed by atoms with van der Waals surface area (Å²) in [5.74, 6) is 0. The van der Waals surface area contributed by atoms with Crippen molar-refractivity contribution in [3.05, 3.63) is 0 Å². The van der Waals surface area contributed by atoms with Crippen LogP contribution in [-0.4, -0.2) is 0 Å². The topological polar surface area (TPSA) is 120 Å². The van der Waals surface area contributed by atoms with Gasteiger partial charge in [-0.15, -0.1) is 0 Å². The molecule has 10 heteroatoms. The minimum Gasteiger partial charge on any atom is -0.804 e. The van der Waals surface area contributed by atoms with Crippen LogP contribution in [0.3, 0.4) is 0 Å². The van der Waals surface area contributed by atoms with Gasteiger partial charge in [0.2, 0.25) is 0 Å². The summed E-state index contributed by atoms with van der Waals surface area (Å²) in [6.07, 6.45) is 0. The third-order valence-electron chi connectivity index (χ3n) is 0. The van der Waals surface area contributed by atoms with Crippen LogP contribution in [0.5, 0.6) is 0 Å². The summed E-state index contributed by atoms with van der Waals surface area (Å²) >= 11 is 0. The van der Waals surface area contributed by atoms with E-state index in [2.05, 4.69) is 0 Å². The van der Waals surface area contributed by atoms with Crippen LogP contribution >= 0.6 is 26.1 Å². The molecular formula is H8NaO6P3. The van der Waals surface area contributed by atoms with E-state index >= 15 is 0 Å². The van der Waals surface area contributed by atoms with Crippen LogP contribution in [0.2, 0.25) is 0 Å². The molecule has 0 saturated heterocycles. The average molecular weight is 220 g/mol. The van der Waals surface area contributed by atoms with E-state index in [-0.39, 0.29) is 32.4 Å². The fraction of sp³-hybridized carbons (Fsp3) is 0. The smallest absolute Gasteiger partial charge is 0.804 e. The van der Waals surface area contributed by atoms with Gasteiger partial charge in [-0.05, 0) is 26.1 Å². The first-order chi connectivity index (χ1) is 4.24. The van der Waals surface area contributed by atoms with Crippen LogP contribution in [-0.2, 0) is 13.7 Å². The molecule has 3 unspecified atom stereocenters. The normalized spacial score (nSPS) is 8.70. The van der Waals surface area contributed by atoms with Gasteiger partial charge in [0.25, 0.3) is 0 Å². The minimum absolute atomic E-state index is 0. The zero-order valence-electron chi connectivity index (χ0n) is 7.18. The van der Waals surface area contributed by atoms with Crippen molar-refractivity contribution in [3.63, 3.8) is 0 Å². The van der Waals surface area contributed by atoms with E-state index < -0.39 is 26.1 Å². The molecule has 0 saturated carbocycles. The Morgan fingerprint density at radius 1 is 0.800 bits per heavy atom. The Morgan fingerprint density at radius 3 is 0.800 bits per heavy atom. The van der Waals surface area contributed by atoms with Gasteiger partial charge in [-0.2, -0.15) is 0 Å². The monoisotopic (exact) mass is 220 g/mol. The number of hydrogen-bond donors (Lipinski definition) is 0. The second kappa shape index (κ2) is 46.4. The van der Waals surface area contributed by atoms with Crippen molar-refractivity contribution < 1.29 is 60.8 Å². The van der Waals surface area contributed by atoms with Gasteiger partial charge in [-0.25, -0.2) is 0 Å². The summed E-state index contributed by atoms with van der Waals surface area (Å²) in [4.78, 5) is 25.4. The molecule has 0 aliphatic rings. The summed E-state index contributed by atoms with van der Waals surface area (Å²) in [6.45, 7) is 0. The standard InChI is InChI=1S/Na.3H3O2P/c;3*1-3-2/h;3*3H2,(H,1,2)/q+1;;;/p-1. The van der Waals surface area contributed by atoms with E-state index in [0.29, 0.717) is 0 Å². The van der Waals surface area contributed by atoms with Gasteiger partial charge < -0.3 is 28.4 Å². The van der Waals surface area contributed by atoms with Gasteiger partial charge in [0.05, 0.1) is 0 Å². The average Bonchev–Trinajstić information content (AvgIpc) is 1.70. The second-order valence-corrected chi connectivity index (χ2v) is 0.866. The van der Waals surface area contributed by atoms with Crippen LogP contribution in [0.4, 0.5) is 0 Å². The maximum atomic E-state index is 8.46. The van der Waals surface area contributed by atoms with Crippen LogP contribution in [0, 0.1) is 0 Å². The Bertz CT molecular complexity index is 57.5. The molecule has 0 radical (unpaired) electrons. The molecule has 0 fully saturated rings. The van der Waals surface area contributed by atoms with Crippen LogP contribution in [0.25, 0.3) is 0 Å². The molecule has 0 spiro atoms. The van der Waals surface area contributed by atoms with E-state index in [1.807, 2.05) is 0 Å². The van der Waals surface area contributed by atoms with Crippen molar-refractivity contribution in [2.75, 3.05) is 0 Å². The molecule has 0 aliphatic carbocycles. The van der Waals surface area contributed by atoms with E-state index in [4.69, 9.17) is 28.4 Å². The van der Waals surface area contributed by atoms with Gasteiger partial charge in [-0.3, -0.25) is 0 Å². The predicted molar refractivity (Wildman–Crippen MR) is 33.4 cm³/mol. The number of hydrogen-bond acceptors (Lipinski definition) is 6. The second-order valence-electron chi connectivity index (χ2n) is 0.289. The minimum atomic E-state index is -1.75. The first kappa shape index (κ1) is 22.6. The predicted octanol–water partition coefficient (Wildman–Crippen LogP) is -5.72. The molecule has 0 amide bonds. The fourth-order valence-corrected chi connectivity index (χ4v) is 0. The summed E-state index contributed by atoms with van der Waals surface area (Å²) in [7, 11) is -5.25. The number of rotatable bonds is 0. The molecule has 60 valence electrons. The third kappa shape index (κ3) is 285.